The van der Waals surface area contributed by atoms with Gasteiger partial charge in [0.15, 0.2) is 11.6 Å². The Balaban J connectivity index is 1.32. The molecule has 172 valence electrons. The van der Waals surface area contributed by atoms with E-state index in [0.29, 0.717) is 13.1 Å². The molecule has 1 N–H and O–H groups in total. The van der Waals surface area contributed by atoms with Gasteiger partial charge in [0.05, 0.1) is 13.0 Å². The summed E-state index contributed by atoms with van der Waals surface area (Å²) in [6, 6.07) is 11.9. The number of hydrogen-bond acceptors (Lipinski definition) is 7. The van der Waals surface area contributed by atoms with Crippen LogP contribution in [0.25, 0.3) is 0 Å². The molecule has 8 nitrogen and oxygen atoms in total. The summed E-state index contributed by atoms with van der Waals surface area (Å²) in [4.78, 5) is 19.8. The summed E-state index contributed by atoms with van der Waals surface area (Å²) < 4.78 is 5.38. The summed E-state index contributed by atoms with van der Waals surface area (Å²) in [5, 5.41) is 12.1. The van der Waals surface area contributed by atoms with E-state index >= 15 is 0 Å². The molecule has 2 saturated heterocycles. The molecule has 1 amide bonds. The summed E-state index contributed by atoms with van der Waals surface area (Å²) in [6.07, 6.45) is 1.86. The van der Waals surface area contributed by atoms with Crippen LogP contribution in [0.1, 0.15) is 25.3 Å². The van der Waals surface area contributed by atoms with E-state index in [4.69, 9.17) is 4.74 Å². The Bertz CT molecular complexity index is 882. The molecule has 32 heavy (non-hydrogen) atoms. The number of piperazine rings is 1. The highest BCUT2D eigenvalue weighted by Crippen LogP contribution is 2.24. The fraction of sp³-hybridized carbons (Fsp3) is 0.542. The molecule has 0 radical (unpaired) electrons. The molecule has 0 spiro atoms. The molecule has 0 bridgehead atoms. The van der Waals surface area contributed by atoms with Gasteiger partial charge in [0, 0.05) is 51.4 Å². The highest BCUT2D eigenvalue weighted by Gasteiger charge is 2.27. The van der Waals surface area contributed by atoms with Gasteiger partial charge >= 0.3 is 0 Å². The van der Waals surface area contributed by atoms with Crippen molar-refractivity contribution in [2.45, 2.75) is 26.3 Å². The van der Waals surface area contributed by atoms with E-state index < -0.39 is 0 Å². The van der Waals surface area contributed by atoms with Gasteiger partial charge in [0.25, 0.3) is 0 Å². The fourth-order valence-electron chi connectivity index (χ4n) is 4.52. The first-order valence-corrected chi connectivity index (χ1v) is 11.6. The number of anilines is 2. The second kappa shape index (κ2) is 10.6. The minimum absolute atomic E-state index is 0.0537. The Morgan fingerprint density at radius 3 is 2.44 bits per heavy atom. The van der Waals surface area contributed by atoms with Gasteiger partial charge in [0.2, 0.25) is 5.91 Å². The molecular weight excluding hydrogens is 404 g/mol. The van der Waals surface area contributed by atoms with Gasteiger partial charge in [-0.3, -0.25) is 4.79 Å². The fourth-order valence-corrected chi connectivity index (χ4v) is 4.52. The summed E-state index contributed by atoms with van der Waals surface area (Å²) >= 11 is 0. The van der Waals surface area contributed by atoms with Crippen LogP contribution in [0.2, 0.25) is 0 Å². The van der Waals surface area contributed by atoms with Crippen LogP contribution in [-0.4, -0.2) is 73.9 Å². The molecule has 8 heteroatoms. The third kappa shape index (κ3) is 5.30. The third-order valence-corrected chi connectivity index (χ3v) is 6.54. The van der Waals surface area contributed by atoms with Crippen molar-refractivity contribution in [3.05, 3.63) is 42.0 Å². The number of carbonyl (C=O) groups excluding carboxylic acids is 1. The number of carbonyl (C=O) groups is 1. The zero-order chi connectivity index (χ0) is 22.3. The number of rotatable bonds is 7. The number of ether oxygens (including phenoxy) is 1. The number of likely N-dealkylation sites (N-methyl/N-ethyl adjacent to an activating group) is 1. The van der Waals surface area contributed by atoms with E-state index in [-0.39, 0.29) is 11.8 Å². The Morgan fingerprint density at radius 2 is 1.75 bits per heavy atom. The molecule has 1 aromatic heterocycles. The van der Waals surface area contributed by atoms with Crippen LogP contribution in [0.15, 0.2) is 36.4 Å². The lowest BCUT2D eigenvalue weighted by atomic mass is 9.97. The van der Waals surface area contributed by atoms with Gasteiger partial charge < -0.3 is 24.8 Å². The minimum atomic E-state index is -0.0537. The van der Waals surface area contributed by atoms with E-state index in [0.717, 1.165) is 75.1 Å². The van der Waals surface area contributed by atoms with Gasteiger partial charge in [-0.15, -0.1) is 10.2 Å². The SMILES string of the molecule is CCN1CCN(c2ccc(N3CCC[C@@H](C(=O)NCc4ccccc4OC)C3)nn2)CC1. The van der Waals surface area contributed by atoms with Crippen molar-refractivity contribution in [2.75, 3.05) is 62.7 Å². The predicted molar refractivity (Wildman–Crippen MR) is 126 cm³/mol. The third-order valence-electron chi connectivity index (χ3n) is 6.54. The van der Waals surface area contributed by atoms with Crippen molar-refractivity contribution in [3.8, 4) is 5.75 Å². The Morgan fingerprint density at radius 1 is 1.03 bits per heavy atom. The number of nitrogens with zero attached hydrogens (tertiary/aromatic N) is 5. The highest BCUT2D eigenvalue weighted by molar-refractivity contribution is 5.79. The minimum Gasteiger partial charge on any atom is -0.496 e. The van der Waals surface area contributed by atoms with Gasteiger partial charge in [0.1, 0.15) is 5.75 Å². The van der Waals surface area contributed by atoms with Crippen LogP contribution in [0.3, 0.4) is 0 Å². The summed E-state index contributed by atoms with van der Waals surface area (Å²) in [5.74, 6) is 2.61. The van der Waals surface area contributed by atoms with Gasteiger partial charge in [-0.25, -0.2) is 0 Å². The molecular formula is C24H34N6O2. The maximum absolute atomic E-state index is 12.8. The first-order chi connectivity index (χ1) is 15.7. The van der Waals surface area contributed by atoms with Crippen LogP contribution in [0.4, 0.5) is 11.6 Å². The average Bonchev–Trinajstić information content (AvgIpc) is 2.87. The number of nitrogens with one attached hydrogen (secondary N) is 1. The lowest BCUT2D eigenvalue weighted by Crippen LogP contribution is -2.46. The summed E-state index contributed by atoms with van der Waals surface area (Å²) in [7, 11) is 1.65. The summed E-state index contributed by atoms with van der Waals surface area (Å²) in [5.41, 5.74) is 0.984. The molecule has 4 rings (SSSR count). The molecule has 1 aromatic carbocycles. The van der Waals surface area contributed by atoms with E-state index in [2.05, 4.69) is 43.2 Å². The van der Waals surface area contributed by atoms with Crippen LogP contribution in [-0.2, 0) is 11.3 Å². The molecule has 0 saturated carbocycles. The van der Waals surface area contributed by atoms with Crippen molar-refractivity contribution in [3.63, 3.8) is 0 Å². The maximum Gasteiger partial charge on any atom is 0.225 e. The van der Waals surface area contributed by atoms with Gasteiger partial charge in [-0.2, -0.15) is 0 Å². The van der Waals surface area contributed by atoms with Crippen molar-refractivity contribution >= 4 is 17.5 Å². The molecule has 2 aliphatic heterocycles. The lowest BCUT2D eigenvalue weighted by molar-refractivity contribution is -0.125. The molecule has 0 aliphatic carbocycles. The van der Waals surface area contributed by atoms with Crippen LogP contribution in [0, 0.1) is 5.92 Å². The standard InChI is InChI=1S/C24H34N6O2/c1-3-28-13-15-29(16-14-28)22-10-11-23(27-26-22)30-12-6-8-20(18-30)24(31)25-17-19-7-4-5-9-21(19)32-2/h4-5,7,9-11,20H,3,6,8,12-18H2,1-2H3,(H,25,31)/t20-/m1/s1. The lowest BCUT2D eigenvalue weighted by Gasteiger charge is -2.35. The number of para-hydroxylation sites is 1. The molecule has 3 heterocycles. The molecule has 1 atom stereocenters. The van der Waals surface area contributed by atoms with E-state index in [1.165, 1.54) is 0 Å². The van der Waals surface area contributed by atoms with Crippen molar-refractivity contribution in [1.29, 1.82) is 0 Å². The molecule has 2 aliphatic rings. The predicted octanol–water partition coefficient (Wildman–Crippen LogP) is 2.16. The van der Waals surface area contributed by atoms with E-state index in [9.17, 15) is 4.79 Å². The topological polar surface area (TPSA) is 73.8 Å². The number of amides is 1. The largest absolute Gasteiger partial charge is 0.496 e. The Labute approximate surface area is 190 Å². The molecule has 0 unspecified atom stereocenters. The second-order valence-corrected chi connectivity index (χ2v) is 8.49. The van der Waals surface area contributed by atoms with Crippen LogP contribution >= 0.6 is 0 Å². The smallest absolute Gasteiger partial charge is 0.225 e. The number of hydrogen-bond donors (Lipinski definition) is 1. The maximum atomic E-state index is 12.8. The van der Waals surface area contributed by atoms with Crippen LogP contribution in [0.5, 0.6) is 5.75 Å². The quantitative estimate of drug-likeness (QED) is 0.710. The number of aromatic nitrogens is 2. The molecule has 2 fully saturated rings. The van der Waals surface area contributed by atoms with Crippen molar-refractivity contribution < 1.29 is 9.53 Å². The highest BCUT2D eigenvalue weighted by atomic mass is 16.5. The first-order valence-electron chi connectivity index (χ1n) is 11.6. The zero-order valence-electron chi connectivity index (χ0n) is 19.2. The molecule has 2 aromatic rings. The monoisotopic (exact) mass is 438 g/mol. The number of benzene rings is 1. The Hall–Kier alpha value is -2.87. The summed E-state index contributed by atoms with van der Waals surface area (Å²) in [6.45, 7) is 9.45. The Kier molecular flexibility index (Phi) is 7.42. The average molecular weight is 439 g/mol. The van der Waals surface area contributed by atoms with Crippen molar-refractivity contribution in [1.82, 2.24) is 20.4 Å². The number of methoxy groups -OCH3 is 1. The van der Waals surface area contributed by atoms with Gasteiger partial charge in [-0.05, 0) is 37.6 Å². The second-order valence-electron chi connectivity index (χ2n) is 8.49. The van der Waals surface area contributed by atoms with Crippen molar-refractivity contribution in [2.24, 2.45) is 5.92 Å². The van der Waals surface area contributed by atoms with E-state index in [1.54, 1.807) is 7.11 Å². The first kappa shape index (κ1) is 22.3. The van der Waals surface area contributed by atoms with Gasteiger partial charge in [-0.1, -0.05) is 25.1 Å². The zero-order valence-corrected chi connectivity index (χ0v) is 19.2. The number of piperidine rings is 1. The van der Waals surface area contributed by atoms with Crippen LogP contribution < -0.4 is 19.9 Å². The van der Waals surface area contributed by atoms with E-state index in [1.807, 2.05) is 30.3 Å². The normalized spacial score (nSPS) is 19.6.